The summed E-state index contributed by atoms with van der Waals surface area (Å²) in [4.78, 5) is 13.1. The summed E-state index contributed by atoms with van der Waals surface area (Å²) in [6, 6.07) is 25.2. The van der Waals surface area contributed by atoms with Crippen LogP contribution >= 0.6 is 0 Å². The Morgan fingerprint density at radius 2 is 1.21 bits per heavy atom. The average Bonchev–Trinajstić information content (AvgIpc) is 2.86. The molecule has 2 N–H and O–H groups in total. The topological polar surface area (TPSA) is 76.0 Å². The summed E-state index contributed by atoms with van der Waals surface area (Å²) in [6.07, 6.45) is 0. The second-order valence-electron chi connectivity index (χ2n) is 10.6. The van der Waals surface area contributed by atoms with Crippen molar-refractivity contribution in [2.24, 2.45) is 0 Å². The van der Waals surface area contributed by atoms with Crippen LogP contribution in [-0.4, -0.2) is 16.0 Å². The summed E-state index contributed by atoms with van der Waals surface area (Å²) in [7, 11) is 0. The molecule has 5 heteroatoms. The summed E-state index contributed by atoms with van der Waals surface area (Å²) < 4.78 is 12.2. The zero-order valence-electron chi connectivity index (χ0n) is 22.7. The van der Waals surface area contributed by atoms with Crippen LogP contribution in [0.5, 0.6) is 23.0 Å². The summed E-state index contributed by atoms with van der Waals surface area (Å²) in [5, 5.41) is 20.0. The zero-order chi connectivity index (χ0) is 27.7. The predicted molar refractivity (Wildman–Crippen MR) is 149 cm³/mol. The molecule has 0 aliphatic heterocycles. The first kappa shape index (κ1) is 27.0. The number of hydrogen-bond acceptors (Lipinski definition) is 5. The average molecular weight is 511 g/mol. The lowest BCUT2D eigenvalue weighted by Crippen LogP contribution is -2.25. The van der Waals surface area contributed by atoms with Crippen molar-refractivity contribution in [3.63, 3.8) is 0 Å². The molecule has 0 saturated carbocycles. The fraction of sp³-hybridized carbons (Fsp3) is 0.242. The highest BCUT2D eigenvalue weighted by Gasteiger charge is 2.24. The molecule has 4 rings (SSSR count). The number of phenols is 1. The molecule has 0 aliphatic carbocycles. The van der Waals surface area contributed by atoms with E-state index in [2.05, 4.69) is 0 Å². The standard InChI is InChI=1S/C33H34O5/c1-21-19-26(11-17-29(21)34)33(5,6)38-28-15-9-24(10-16-28)31(35)23-7-13-27(14-8-23)37-30-18-12-25(20-22(30)2)32(3,4)36/h7-20,34,36H,1-6H3. The molecular weight excluding hydrogens is 476 g/mol. The molecular formula is C33H34O5. The van der Waals surface area contributed by atoms with Crippen molar-refractivity contribution >= 4 is 5.78 Å². The molecule has 0 unspecified atom stereocenters. The van der Waals surface area contributed by atoms with Crippen molar-refractivity contribution in [1.29, 1.82) is 0 Å². The van der Waals surface area contributed by atoms with Gasteiger partial charge in [0.2, 0.25) is 0 Å². The third-order valence-corrected chi connectivity index (χ3v) is 6.61. The van der Waals surface area contributed by atoms with Crippen molar-refractivity contribution in [3.05, 3.63) is 118 Å². The van der Waals surface area contributed by atoms with E-state index in [1.54, 1.807) is 68.4 Å². The van der Waals surface area contributed by atoms with Crippen molar-refractivity contribution in [2.75, 3.05) is 0 Å². The van der Waals surface area contributed by atoms with Crippen LogP contribution in [0.25, 0.3) is 0 Å². The molecule has 4 aromatic carbocycles. The highest BCUT2D eigenvalue weighted by Crippen LogP contribution is 2.32. The Kier molecular flexibility index (Phi) is 7.34. The lowest BCUT2D eigenvalue weighted by atomic mass is 9.96. The first-order valence-electron chi connectivity index (χ1n) is 12.6. The van der Waals surface area contributed by atoms with Crippen LogP contribution in [0.15, 0.2) is 84.9 Å². The van der Waals surface area contributed by atoms with E-state index >= 15 is 0 Å². The van der Waals surface area contributed by atoms with Crippen LogP contribution in [0, 0.1) is 13.8 Å². The number of rotatable bonds is 8. The first-order chi connectivity index (χ1) is 17.8. The highest BCUT2D eigenvalue weighted by molar-refractivity contribution is 6.09. The minimum absolute atomic E-state index is 0.0952. The number of ether oxygens (including phenoxy) is 2. The smallest absolute Gasteiger partial charge is 0.193 e. The molecule has 38 heavy (non-hydrogen) atoms. The molecule has 5 nitrogen and oxygen atoms in total. The summed E-state index contributed by atoms with van der Waals surface area (Å²) in [5.41, 5.74) is 3.04. The highest BCUT2D eigenvalue weighted by atomic mass is 16.5. The van der Waals surface area contributed by atoms with Crippen LogP contribution in [0.2, 0.25) is 0 Å². The maximum Gasteiger partial charge on any atom is 0.193 e. The molecule has 4 aromatic rings. The van der Waals surface area contributed by atoms with Crippen LogP contribution < -0.4 is 9.47 Å². The Balaban J connectivity index is 1.43. The van der Waals surface area contributed by atoms with Gasteiger partial charge in [-0.05, 0) is 137 Å². The van der Waals surface area contributed by atoms with Gasteiger partial charge in [-0.1, -0.05) is 12.1 Å². The molecule has 196 valence electrons. The number of hydrogen-bond donors (Lipinski definition) is 2. The van der Waals surface area contributed by atoms with Crippen molar-refractivity contribution in [3.8, 4) is 23.0 Å². The van der Waals surface area contributed by atoms with E-state index in [0.717, 1.165) is 22.3 Å². The fourth-order valence-electron chi connectivity index (χ4n) is 4.17. The van der Waals surface area contributed by atoms with E-state index in [0.29, 0.717) is 28.4 Å². The van der Waals surface area contributed by atoms with Gasteiger partial charge in [0, 0.05) is 11.1 Å². The largest absolute Gasteiger partial charge is 0.508 e. The molecule has 0 aliphatic rings. The Bertz CT molecular complexity index is 1440. The Morgan fingerprint density at radius 3 is 1.74 bits per heavy atom. The van der Waals surface area contributed by atoms with Gasteiger partial charge in [0.1, 0.15) is 28.6 Å². The van der Waals surface area contributed by atoms with Gasteiger partial charge in [-0.2, -0.15) is 0 Å². The lowest BCUT2D eigenvalue weighted by Gasteiger charge is -2.27. The molecule has 0 saturated heterocycles. The summed E-state index contributed by atoms with van der Waals surface area (Å²) in [6.45, 7) is 11.2. The molecule has 0 aromatic heterocycles. The first-order valence-corrected chi connectivity index (χ1v) is 12.6. The number of carbonyl (C=O) groups excluding carboxylic acids is 1. The van der Waals surface area contributed by atoms with E-state index in [1.165, 1.54) is 0 Å². The van der Waals surface area contributed by atoms with Gasteiger partial charge in [-0.15, -0.1) is 0 Å². The Labute approximate surface area is 224 Å². The van der Waals surface area contributed by atoms with E-state index in [1.807, 2.05) is 58.0 Å². The van der Waals surface area contributed by atoms with Gasteiger partial charge < -0.3 is 19.7 Å². The number of aromatic hydroxyl groups is 1. The van der Waals surface area contributed by atoms with E-state index in [-0.39, 0.29) is 11.5 Å². The molecule has 0 spiro atoms. The minimum atomic E-state index is -0.919. The maximum absolute atomic E-state index is 13.1. The number of ketones is 1. The Morgan fingerprint density at radius 1 is 0.684 bits per heavy atom. The van der Waals surface area contributed by atoms with Gasteiger partial charge in [0.25, 0.3) is 0 Å². The summed E-state index contributed by atoms with van der Waals surface area (Å²) in [5.74, 6) is 2.12. The monoisotopic (exact) mass is 510 g/mol. The molecule has 0 heterocycles. The lowest BCUT2D eigenvalue weighted by molar-refractivity contribution is 0.0785. The van der Waals surface area contributed by atoms with Crippen molar-refractivity contribution in [1.82, 2.24) is 0 Å². The second-order valence-corrected chi connectivity index (χ2v) is 10.6. The van der Waals surface area contributed by atoms with E-state index in [9.17, 15) is 15.0 Å². The van der Waals surface area contributed by atoms with Crippen molar-refractivity contribution < 1.29 is 24.5 Å². The number of aryl methyl sites for hydroxylation is 2. The third kappa shape index (κ3) is 6.06. The van der Waals surface area contributed by atoms with Gasteiger partial charge in [0.05, 0.1) is 5.60 Å². The summed E-state index contributed by atoms with van der Waals surface area (Å²) >= 11 is 0. The van der Waals surface area contributed by atoms with Gasteiger partial charge >= 0.3 is 0 Å². The second kappa shape index (κ2) is 10.3. The minimum Gasteiger partial charge on any atom is -0.508 e. The van der Waals surface area contributed by atoms with Crippen LogP contribution in [0.3, 0.4) is 0 Å². The molecule has 0 atom stereocenters. The fourth-order valence-corrected chi connectivity index (χ4v) is 4.17. The molecule has 0 bridgehead atoms. The van der Waals surface area contributed by atoms with E-state index in [4.69, 9.17) is 9.47 Å². The van der Waals surface area contributed by atoms with Gasteiger partial charge in [-0.25, -0.2) is 0 Å². The number of benzene rings is 4. The van der Waals surface area contributed by atoms with Crippen molar-refractivity contribution in [2.45, 2.75) is 52.7 Å². The SMILES string of the molecule is Cc1cc(C(C)(C)Oc2ccc(C(=O)c3ccc(Oc4ccc(C(C)(C)O)cc4C)cc3)cc2)ccc1O. The number of aliphatic hydroxyl groups is 1. The molecule has 0 radical (unpaired) electrons. The van der Waals surface area contributed by atoms with Gasteiger partial charge in [-0.3, -0.25) is 4.79 Å². The van der Waals surface area contributed by atoms with Crippen LogP contribution in [-0.2, 0) is 11.2 Å². The molecule has 0 fully saturated rings. The number of phenolic OH excluding ortho intramolecular Hbond substituents is 1. The van der Waals surface area contributed by atoms with Gasteiger partial charge in [0.15, 0.2) is 5.78 Å². The maximum atomic E-state index is 13.1. The van der Waals surface area contributed by atoms with Crippen LogP contribution in [0.4, 0.5) is 0 Å². The quantitative estimate of drug-likeness (QED) is 0.239. The van der Waals surface area contributed by atoms with E-state index < -0.39 is 11.2 Å². The number of carbonyl (C=O) groups is 1. The molecule has 0 amide bonds. The predicted octanol–water partition coefficient (Wildman–Crippen LogP) is 7.57. The third-order valence-electron chi connectivity index (χ3n) is 6.61. The van der Waals surface area contributed by atoms with Crippen LogP contribution in [0.1, 0.15) is 65.9 Å². The zero-order valence-corrected chi connectivity index (χ0v) is 22.7. The normalized spacial score (nSPS) is 11.8. The Hall–Kier alpha value is -4.09.